The number of methoxy groups -OCH3 is 1. The molecule has 0 radical (unpaired) electrons. The second-order valence-electron chi connectivity index (χ2n) is 4.28. The van der Waals surface area contributed by atoms with Gasteiger partial charge in [-0.25, -0.2) is 0 Å². The van der Waals surface area contributed by atoms with Crippen LogP contribution < -0.4 is 10.1 Å². The molecule has 17 heavy (non-hydrogen) atoms. The third-order valence-corrected chi connectivity index (χ3v) is 2.65. The van der Waals surface area contributed by atoms with E-state index in [0.29, 0.717) is 28.8 Å². The van der Waals surface area contributed by atoms with Crippen molar-refractivity contribution in [3.05, 3.63) is 28.8 Å². The minimum absolute atomic E-state index is 0.148. The first-order chi connectivity index (χ1) is 8.04. The van der Waals surface area contributed by atoms with Gasteiger partial charge in [0.05, 0.1) is 12.7 Å². The van der Waals surface area contributed by atoms with Crippen LogP contribution >= 0.6 is 11.6 Å². The molecule has 1 rings (SSSR count). The van der Waals surface area contributed by atoms with Crippen LogP contribution in [0, 0.1) is 5.92 Å². The van der Waals surface area contributed by atoms with Crippen LogP contribution in [-0.4, -0.2) is 19.6 Å². The average molecular weight is 256 g/mol. The molecule has 0 aliphatic carbocycles. The van der Waals surface area contributed by atoms with Crippen LogP contribution in [0.4, 0.5) is 0 Å². The molecular weight excluding hydrogens is 238 g/mol. The van der Waals surface area contributed by atoms with Gasteiger partial charge in [-0.05, 0) is 30.5 Å². The van der Waals surface area contributed by atoms with Crippen molar-refractivity contribution in [1.29, 1.82) is 0 Å². The Morgan fingerprint density at radius 3 is 2.76 bits per heavy atom. The van der Waals surface area contributed by atoms with Gasteiger partial charge in [-0.1, -0.05) is 25.4 Å². The molecule has 3 nitrogen and oxygen atoms in total. The van der Waals surface area contributed by atoms with E-state index in [0.717, 1.165) is 6.42 Å². The van der Waals surface area contributed by atoms with E-state index in [1.165, 1.54) is 7.11 Å². The molecule has 0 aromatic heterocycles. The van der Waals surface area contributed by atoms with E-state index in [-0.39, 0.29) is 5.91 Å². The molecule has 1 aromatic carbocycles. The molecular formula is C13H18ClNO2. The zero-order valence-electron chi connectivity index (χ0n) is 10.4. The smallest absolute Gasteiger partial charge is 0.255 e. The Bertz CT molecular complexity index is 391. The molecule has 94 valence electrons. The number of hydrogen-bond acceptors (Lipinski definition) is 2. The lowest BCUT2D eigenvalue weighted by Gasteiger charge is -2.10. The molecule has 1 N–H and O–H groups in total. The molecule has 1 aromatic rings. The first-order valence-electron chi connectivity index (χ1n) is 5.66. The predicted octanol–water partition coefficient (Wildman–Crippen LogP) is 3.12. The van der Waals surface area contributed by atoms with Gasteiger partial charge < -0.3 is 10.1 Å². The zero-order valence-corrected chi connectivity index (χ0v) is 11.2. The minimum atomic E-state index is -0.148. The van der Waals surface area contributed by atoms with Crippen LogP contribution in [0.15, 0.2) is 18.2 Å². The summed E-state index contributed by atoms with van der Waals surface area (Å²) in [4.78, 5) is 11.9. The summed E-state index contributed by atoms with van der Waals surface area (Å²) >= 11 is 5.87. The zero-order chi connectivity index (χ0) is 12.8. The fourth-order valence-electron chi connectivity index (χ4n) is 1.43. The highest BCUT2D eigenvalue weighted by molar-refractivity contribution is 6.31. The quantitative estimate of drug-likeness (QED) is 0.878. The van der Waals surface area contributed by atoms with Crippen molar-refractivity contribution in [2.45, 2.75) is 20.3 Å². The lowest BCUT2D eigenvalue weighted by atomic mass is 10.1. The van der Waals surface area contributed by atoms with Crippen LogP contribution in [0.1, 0.15) is 30.6 Å². The monoisotopic (exact) mass is 255 g/mol. The first-order valence-corrected chi connectivity index (χ1v) is 6.04. The number of halogens is 1. The van der Waals surface area contributed by atoms with Crippen molar-refractivity contribution < 1.29 is 9.53 Å². The maximum absolute atomic E-state index is 11.9. The van der Waals surface area contributed by atoms with Crippen molar-refractivity contribution in [3.63, 3.8) is 0 Å². The first kappa shape index (κ1) is 13.8. The van der Waals surface area contributed by atoms with E-state index in [9.17, 15) is 4.79 Å². The van der Waals surface area contributed by atoms with Gasteiger partial charge in [-0.15, -0.1) is 0 Å². The van der Waals surface area contributed by atoms with Crippen LogP contribution in [0.5, 0.6) is 5.75 Å². The number of carbonyl (C=O) groups is 1. The lowest BCUT2D eigenvalue weighted by molar-refractivity contribution is 0.0949. The van der Waals surface area contributed by atoms with Gasteiger partial charge in [0.2, 0.25) is 0 Å². The molecule has 0 unspecified atom stereocenters. The standard InChI is InChI=1S/C13H18ClNO2/c1-9(2)6-7-15-13(16)11-8-10(14)4-5-12(11)17-3/h4-5,8-9H,6-7H2,1-3H3,(H,15,16). The molecule has 0 heterocycles. The van der Waals surface area contributed by atoms with Gasteiger partial charge in [-0.2, -0.15) is 0 Å². The number of hydrogen-bond donors (Lipinski definition) is 1. The number of amides is 1. The van der Waals surface area contributed by atoms with Crippen molar-refractivity contribution >= 4 is 17.5 Å². The molecule has 0 saturated heterocycles. The van der Waals surface area contributed by atoms with E-state index < -0.39 is 0 Å². The van der Waals surface area contributed by atoms with Gasteiger partial charge in [-0.3, -0.25) is 4.79 Å². The second kappa shape index (κ2) is 6.50. The summed E-state index contributed by atoms with van der Waals surface area (Å²) in [7, 11) is 1.54. The highest BCUT2D eigenvalue weighted by Gasteiger charge is 2.12. The summed E-state index contributed by atoms with van der Waals surface area (Å²) in [5, 5.41) is 3.38. The third-order valence-electron chi connectivity index (χ3n) is 2.41. The van der Waals surface area contributed by atoms with Crippen LogP contribution in [0.3, 0.4) is 0 Å². The van der Waals surface area contributed by atoms with Gasteiger partial charge in [0, 0.05) is 11.6 Å². The molecule has 0 bridgehead atoms. The van der Waals surface area contributed by atoms with Gasteiger partial charge in [0.25, 0.3) is 5.91 Å². The van der Waals surface area contributed by atoms with E-state index in [1.54, 1.807) is 18.2 Å². The highest BCUT2D eigenvalue weighted by Crippen LogP contribution is 2.22. The van der Waals surface area contributed by atoms with Crippen molar-refractivity contribution in [2.24, 2.45) is 5.92 Å². The summed E-state index contributed by atoms with van der Waals surface area (Å²) in [6.45, 7) is 4.89. The van der Waals surface area contributed by atoms with Gasteiger partial charge >= 0.3 is 0 Å². The Balaban J connectivity index is 2.70. The Kier molecular flexibility index (Phi) is 5.29. The fourth-order valence-corrected chi connectivity index (χ4v) is 1.60. The number of ether oxygens (including phenoxy) is 1. The summed E-state index contributed by atoms with van der Waals surface area (Å²) in [6, 6.07) is 5.01. The van der Waals surface area contributed by atoms with Crippen molar-refractivity contribution in [2.75, 3.05) is 13.7 Å². The Morgan fingerprint density at radius 2 is 2.18 bits per heavy atom. The van der Waals surface area contributed by atoms with E-state index in [4.69, 9.17) is 16.3 Å². The lowest BCUT2D eigenvalue weighted by Crippen LogP contribution is -2.25. The van der Waals surface area contributed by atoms with E-state index in [1.807, 2.05) is 0 Å². The van der Waals surface area contributed by atoms with Crippen molar-refractivity contribution in [3.8, 4) is 5.75 Å². The molecule has 0 atom stereocenters. The number of rotatable bonds is 5. The largest absolute Gasteiger partial charge is 0.496 e. The van der Waals surface area contributed by atoms with Gasteiger partial charge in [0.1, 0.15) is 5.75 Å². The van der Waals surface area contributed by atoms with E-state index >= 15 is 0 Å². The summed E-state index contributed by atoms with van der Waals surface area (Å²) in [6.07, 6.45) is 0.953. The Morgan fingerprint density at radius 1 is 1.47 bits per heavy atom. The molecule has 0 aliphatic heterocycles. The molecule has 0 spiro atoms. The molecule has 0 aliphatic rings. The maximum Gasteiger partial charge on any atom is 0.255 e. The van der Waals surface area contributed by atoms with Crippen molar-refractivity contribution in [1.82, 2.24) is 5.32 Å². The fraction of sp³-hybridized carbons (Fsp3) is 0.462. The molecule has 0 fully saturated rings. The maximum atomic E-state index is 11.9. The topological polar surface area (TPSA) is 38.3 Å². The normalized spacial score (nSPS) is 10.4. The Labute approximate surface area is 107 Å². The Hall–Kier alpha value is -1.22. The number of nitrogens with one attached hydrogen (secondary N) is 1. The van der Waals surface area contributed by atoms with Gasteiger partial charge in [0.15, 0.2) is 0 Å². The third kappa shape index (κ3) is 4.27. The number of benzene rings is 1. The van der Waals surface area contributed by atoms with Crippen LogP contribution in [0.25, 0.3) is 0 Å². The predicted molar refractivity (Wildman–Crippen MR) is 69.8 cm³/mol. The summed E-state index contributed by atoms with van der Waals surface area (Å²) in [5.41, 5.74) is 0.476. The summed E-state index contributed by atoms with van der Waals surface area (Å²) < 4.78 is 5.13. The highest BCUT2D eigenvalue weighted by atomic mass is 35.5. The molecule has 1 amide bonds. The molecule has 0 saturated carbocycles. The summed E-state index contributed by atoms with van der Waals surface area (Å²) in [5.74, 6) is 0.956. The second-order valence-corrected chi connectivity index (χ2v) is 4.72. The molecule has 4 heteroatoms. The SMILES string of the molecule is COc1ccc(Cl)cc1C(=O)NCCC(C)C. The van der Waals surface area contributed by atoms with E-state index in [2.05, 4.69) is 19.2 Å². The van der Waals surface area contributed by atoms with Crippen LogP contribution in [-0.2, 0) is 0 Å². The average Bonchev–Trinajstić information content (AvgIpc) is 2.28. The van der Waals surface area contributed by atoms with Crippen LogP contribution in [0.2, 0.25) is 5.02 Å². The number of carbonyl (C=O) groups excluding carboxylic acids is 1. The minimum Gasteiger partial charge on any atom is -0.496 e.